The Balaban J connectivity index is 1.92. The van der Waals surface area contributed by atoms with Gasteiger partial charge >= 0.3 is 11.9 Å². The maximum absolute atomic E-state index is 12.7. The SMILES string of the molecule is CCOC(=O)[C@@H]1C=C(c2ccc(OC)cc2)OC(=O)[C@@H]1Cc1ccccc1. The van der Waals surface area contributed by atoms with E-state index in [1.807, 2.05) is 30.3 Å². The lowest BCUT2D eigenvalue weighted by atomic mass is 9.84. The van der Waals surface area contributed by atoms with Gasteiger partial charge < -0.3 is 14.2 Å². The van der Waals surface area contributed by atoms with Crippen molar-refractivity contribution in [2.45, 2.75) is 13.3 Å². The fourth-order valence-electron chi connectivity index (χ4n) is 3.10. The van der Waals surface area contributed by atoms with Crippen LogP contribution in [0, 0.1) is 11.8 Å². The van der Waals surface area contributed by atoms with E-state index in [0.29, 0.717) is 23.5 Å². The van der Waals surface area contributed by atoms with E-state index in [-0.39, 0.29) is 6.61 Å². The molecule has 0 radical (unpaired) electrons. The molecule has 5 heteroatoms. The summed E-state index contributed by atoms with van der Waals surface area (Å²) >= 11 is 0. The molecule has 2 aromatic carbocycles. The molecule has 0 saturated carbocycles. The van der Waals surface area contributed by atoms with Crippen LogP contribution in [-0.2, 0) is 25.5 Å². The van der Waals surface area contributed by atoms with Gasteiger partial charge in [0.2, 0.25) is 0 Å². The summed E-state index contributed by atoms with van der Waals surface area (Å²) in [4.78, 5) is 25.3. The monoisotopic (exact) mass is 366 g/mol. The second-order valence-electron chi connectivity index (χ2n) is 6.25. The quantitative estimate of drug-likeness (QED) is 0.731. The summed E-state index contributed by atoms with van der Waals surface area (Å²) in [6, 6.07) is 16.7. The zero-order valence-corrected chi connectivity index (χ0v) is 15.4. The molecule has 27 heavy (non-hydrogen) atoms. The first-order chi connectivity index (χ1) is 13.1. The number of esters is 2. The number of methoxy groups -OCH3 is 1. The normalized spacial score (nSPS) is 19.0. The van der Waals surface area contributed by atoms with E-state index in [9.17, 15) is 9.59 Å². The van der Waals surface area contributed by atoms with Crippen LogP contribution in [0.2, 0.25) is 0 Å². The largest absolute Gasteiger partial charge is 0.497 e. The van der Waals surface area contributed by atoms with Crippen LogP contribution in [0.5, 0.6) is 5.75 Å². The van der Waals surface area contributed by atoms with Gasteiger partial charge in [0.05, 0.1) is 25.6 Å². The molecule has 0 spiro atoms. The Morgan fingerprint density at radius 1 is 1.07 bits per heavy atom. The fourth-order valence-corrected chi connectivity index (χ4v) is 3.10. The lowest BCUT2D eigenvalue weighted by molar-refractivity contribution is -0.156. The summed E-state index contributed by atoms with van der Waals surface area (Å²) in [6.45, 7) is 2.01. The smallest absolute Gasteiger partial charge is 0.315 e. The summed E-state index contributed by atoms with van der Waals surface area (Å²) in [5.41, 5.74) is 1.67. The first-order valence-electron chi connectivity index (χ1n) is 8.91. The minimum atomic E-state index is -0.691. The van der Waals surface area contributed by atoms with Gasteiger partial charge in [-0.15, -0.1) is 0 Å². The molecule has 0 unspecified atom stereocenters. The Kier molecular flexibility index (Phi) is 5.91. The van der Waals surface area contributed by atoms with Gasteiger partial charge in [-0.3, -0.25) is 9.59 Å². The van der Waals surface area contributed by atoms with Crippen LogP contribution in [0.1, 0.15) is 18.1 Å². The second kappa shape index (κ2) is 8.54. The van der Waals surface area contributed by atoms with E-state index < -0.39 is 23.8 Å². The Hall–Kier alpha value is -3.08. The minimum absolute atomic E-state index is 0.258. The van der Waals surface area contributed by atoms with Crippen molar-refractivity contribution in [1.29, 1.82) is 0 Å². The van der Waals surface area contributed by atoms with Crippen molar-refractivity contribution in [2.75, 3.05) is 13.7 Å². The molecule has 3 rings (SSSR count). The zero-order valence-electron chi connectivity index (χ0n) is 15.4. The summed E-state index contributed by atoms with van der Waals surface area (Å²) in [6.07, 6.45) is 2.10. The van der Waals surface area contributed by atoms with E-state index in [4.69, 9.17) is 14.2 Å². The first-order valence-corrected chi connectivity index (χ1v) is 8.91. The fraction of sp³-hybridized carbons (Fsp3) is 0.273. The predicted molar refractivity (Wildman–Crippen MR) is 101 cm³/mol. The molecular formula is C22H22O5. The van der Waals surface area contributed by atoms with E-state index in [1.54, 1.807) is 44.4 Å². The molecule has 140 valence electrons. The third kappa shape index (κ3) is 4.37. The molecule has 0 fully saturated rings. The lowest BCUT2D eigenvalue weighted by Crippen LogP contribution is -2.36. The molecule has 0 amide bonds. The molecule has 1 aliphatic heterocycles. The summed E-state index contributed by atoms with van der Waals surface area (Å²) < 4.78 is 15.9. The van der Waals surface area contributed by atoms with Gasteiger partial charge in [0.15, 0.2) is 0 Å². The summed E-state index contributed by atoms with van der Waals surface area (Å²) in [5, 5.41) is 0. The maximum Gasteiger partial charge on any atom is 0.315 e. The van der Waals surface area contributed by atoms with E-state index in [1.165, 1.54) is 0 Å². The number of rotatable bonds is 6. The molecule has 0 bridgehead atoms. The molecule has 1 aliphatic rings. The van der Waals surface area contributed by atoms with Crippen molar-refractivity contribution in [1.82, 2.24) is 0 Å². The van der Waals surface area contributed by atoms with Crippen LogP contribution < -0.4 is 4.74 Å². The molecule has 2 atom stereocenters. The van der Waals surface area contributed by atoms with Gasteiger partial charge in [-0.25, -0.2) is 0 Å². The number of ether oxygens (including phenoxy) is 3. The van der Waals surface area contributed by atoms with Gasteiger partial charge in [-0.05, 0) is 49.2 Å². The van der Waals surface area contributed by atoms with Crippen molar-refractivity contribution in [3.8, 4) is 5.75 Å². The van der Waals surface area contributed by atoms with E-state index >= 15 is 0 Å². The standard InChI is InChI=1S/C22H22O5/c1-3-26-21(23)19-14-20(16-9-11-17(25-2)12-10-16)27-22(24)18(19)13-15-7-5-4-6-8-15/h4-12,14,18-19H,3,13H2,1-2H3/t18-,19-/m1/s1. The van der Waals surface area contributed by atoms with Crippen molar-refractivity contribution in [3.05, 3.63) is 71.8 Å². The third-order valence-electron chi connectivity index (χ3n) is 4.51. The van der Waals surface area contributed by atoms with Crippen LogP contribution >= 0.6 is 0 Å². The molecule has 0 aliphatic carbocycles. The summed E-state index contributed by atoms with van der Waals surface area (Å²) in [7, 11) is 1.58. The molecular weight excluding hydrogens is 344 g/mol. The highest BCUT2D eigenvalue weighted by atomic mass is 16.5. The van der Waals surface area contributed by atoms with Gasteiger partial charge in [0.1, 0.15) is 11.5 Å². The number of carbonyl (C=O) groups excluding carboxylic acids is 2. The topological polar surface area (TPSA) is 61.8 Å². The Morgan fingerprint density at radius 3 is 2.41 bits per heavy atom. The van der Waals surface area contributed by atoms with E-state index in [0.717, 1.165) is 5.56 Å². The highest BCUT2D eigenvalue weighted by molar-refractivity contribution is 5.91. The molecule has 0 aromatic heterocycles. The molecule has 0 N–H and O–H groups in total. The predicted octanol–water partition coefficient (Wildman–Crippen LogP) is 3.63. The van der Waals surface area contributed by atoms with Crippen LogP contribution in [0.4, 0.5) is 0 Å². The number of carbonyl (C=O) groups is 2. The average Bonchev–Trinajstić information content (AvgIpc) is 2.70. The average molecular weight is 366 g/mol. The van der Waals surface area contributed by atoms with Crippen molar-refractivity contribution in [3.63, 3.8) is 0 Å². The van der Waals surface area contributed by atoms with Crippen LogP contribution in [0.15, 0.2) is 60.7 Å². The number of cyclic esters (lactones) is 1. The number of hydrogen-bond donors (Lipinski definition) is 0. The van der Waals surface area contributed by atoms with Crippen LogP contribution in [0.3, 0.4) is 0 Å². The van der Waals surface area contributed by atoms with Gasteiger partial charge in [-0.2, -0.15) is 0 Å². The highest BCUT2D eigenvalue weighted by Crippen LogP contribution is 2.33. The Morgan fingerprint density at radius 2 is 1.78 bits per heavy atom. The molecule has 0 saturated heterocycles. The molecule has 5 nitrogen and oxygen atoms in total. The number of hydrogen-bond acceptors (Lipinski definition) is 5. The van der Waals surface area contributed by atoms with E-state index in [2.05, 4.69) is 0 Å². The Labute approximate surface area is 158 Å². The van der Waals surface area contributed by atoms with Crippen LogP contribution in [0.25, 0.3) is 5.76 Å². The maximum atomic E-state index is 12.7. The Bertz CT molecular complexity index is 824. The zero-order chi connectivity index (χ0) is 19.2. The van der Waals surface area contributed by atoms with Gasteiger partial charge in [0, 0.05) is 5.56 Å². The first kappa shape index (κ1) is 18.7. The second-order valence-corrected chi connectivity index (χ2v) is 6.25. The van der Waals surface area contributed by atoms with Gasteiger partial charge in [-0.1, -0.05) is 30.3 Å². The van der Waals surface area contributed by atoms with Crippen LogP contribution in [-0.4, -0.2) is 25.7 Å². The lowest BCUT2D eigenvalue weighted by Gasteiger charge is -2.27. The van der Waals surface area contributed by atoms with Gasteiger partial charge in [0.25, 0.3) is 0 Å². The number of benzene rings is 2. The highest BCUT2D eigenvalue weighted by Gasteiger charge is 2.39. The third-order valence-corrected chi connectivity index (χ3v) is 4.51. The molecule has 2 aromatic rings. The summed E-state index contributed by atoms with van der Waals surface area (Å²) in [5.74, 6) is -1.08. The molecule has 1 heterocycles. The van der Waals surface area contributed by atoms with Crippen molar-refractivity contribution < 1.29 is 23.8 Å². The van der Waals surface area contributed by atoms with Crippen molar-refractivity contribution >= 4 is 17.7 Å². The minimum Gasteiger partial charge on any atom is -0.497 e. The van der Waals surface area contributed by atoms with Crippen molar-refractivity contribution in [2.24, 2.45) is 11.8 Å².